The van der Waals surface area contributed by atoms with Crippen LogP contribution in [0.1, 0.15) is 37.7 Å². The lowest BCUT2D eigenvalue weighted by Gasteiger charge is -2.37. The zero-order chi connectivity index (χ0) is 26.8. The summed E-state index contributed by atoms with van der Waals surface area (Å²) in [4.78, 5) is 30.6. The van der Waals surface area contributed by atoms with Crippen LogP contribution < -0.4 is 20.1 Å². The molecule has 38 heavy (non-hydrogen) atoms. The maximum Gasteiger partial charge on any atom is 0.319 e. The van der Waals surface area contributed by atoms with Gasteiger partial charge in [-0.3, -0.25) is 9.78 Å². The molecule has 9 heteroatoms. The van der Waals surface area contributed by atoms with Gasteiger partial charge in [0.1, 0.15) is 17.2 Å². The number of urea groups is 1. The number of benzene rings is 2. The summed E-state index contributed by atoms with van der Waals surface area (Å²) in [6, 6.07) is 11.0. The minimum Gasteiger partial charge on any atom is -0.496 e. The molecule has 2 aromatic carbocycles. The van der Waals surface area contributed by atoms with Gasteiger partial charge in [-0.1, -0.05) is 25.1 Å². The zero-order valence-corrected chi connectivity index (χ0v) is 22.3. The van der Waals surface area contributed by atoms with Crippen molar-refractivity contribution in [3.63, 3.8) is 0 Å². The largest absolute Gasteiger partial charge is 0.496 e. The number of amides is 3. The highest BCUT2D eigenvalue weighted by atomic mass is 35.5. The van der Waals surface area contributed by atoms with Gasteiger partial charge < -0.3 is 25.0 Å². The van der Waals surface area contributed by atoms with E-state index in [4.69, 9.17) is 21.1 Å². The Morgan fingerprint density at radius 1 is 1.16 bits per heavy atom. The summed E-state index contributed by atoms with van der Waals surface area (Å²) >= 11 is 6.45. The lowest BCUT2D eigenvalue weighted by Crippen LogP contribution is -2.41. The van der Waals surface area contributed by atoms with Gasteiger partial charge >= 0.3 is 6.03 Å². The predicted octanol–water partition coefficient (Wildman–Crippen LogP) is 6.11. The fraction of sp³-hybridized carbons (Fsp3) is 0.345. The Hall–Kier alpha value is -3.78. The highest BCUT2D eigenvalue weighted by Crippen LogP contribution is 2.42. The summed E-state index contributed by atoms with van der Waals surface area (Å²) < 4.78 is 12.0. The number of aromatic nitrogens is 1. The van der Waals surface area contributed by atoms with Gasteiger partial charge in [0.25, 0.3) is 0 Å². The Balaban J connectivity index is 1.40. The van der Waals surface area contributed by atoms with Crippen LogP contribution in [0.15, 0.2) is 55.3 Å². The van der Waals surface area contributed by atoms with Crippen molar-refractivity contribution in [2.24, 2.45) is 5.92 Å². The second-order valence-electron chi connectivity index (χ2n) is 9.90. The third kappa shape index (κ3) is 5.55. The van der Waals surface area contributed by atoms with Crippen molar-refractivity contribution in [2.45, 2.75) is 38.1 Å². The van der Waals surface area contributed by atoms with Crippen LogP contribution in [-0.4, -0.2) is 48.1 Å². The quantitative estimate of drug-likeness (QED) is 0.357. The molecule has 0 radical (unpaired) electrons. The lowest BCUT2D eigenvalue weighted by atomic mass is 9.80. The molecule has 1 aliphatic carbocycles. The average molecular weight is 535 g/mol. The molecule has 1 aromatic heterocycles. The van der Waals surface area contributed by atoms with E-state index >= 15 is 0 Å². The standard InChI is InChI=1S/C29H31ClN4O4/c1-4-28(35)34-12-10-20(17(2)16-34)21-14-22-25(15-27(21)37-3)31-11-9-26(22)38-19-7-8-24(23(30)13-19)33-29(36)32-18-5-6-18/h4,7-9,11,13-15,17-18,20H,1,5-6,10,12,16H2,2-3H3,(H2,32,33,36). The number of nitrogens with one attached hydrogen (secondary N) is 2. The van der Waals surface area contributed by atoms with Crippen molar-refractivity contribution < 1.29 is 19.1 Å². The zero-order valence-electron chi connectivity index (χ0n) is 21.5. The molecule has 2 atom stereocenters. The molecule has 2 heterocycles. The first-order chi connectivity index (χ1) is 18.4. The van der Waals surface area contributed by atoms with Crippen molar-refractivity contribution >= 4 is 40.1 Å². The van der Waals surface area contributed by atoms with Crippen LogP contribution in [-0.2, 0) is 4.79 Å². The molecule has 1 saturated heterocycles. The molecule has 1 aliphatic heterocycles. The lowest BCUT2D eigenvalue weighted by molar-refractivity contribution is -0.127. The Kier molecular flexibility index (Phi) is 7.42. The fourth-order valence-electron chi connectivity index (χ4n) is 5.02. The number of carbonyl (C=O) groups excluding carboxylic acids is 2. The maximum atomic E-state index is 12.1. The number of hydrogen-bond acceptors (Lipinski definition) is 5. The highest BCUT2D eigenvalue weighted by Gasteiger charge is 2.31. The number of ether oxygens (including phenoxy) is 2. The fourth-order valence-corrected chi connectivity index (χ4v) is 5.23. The van der Waals surface area contributed by atoms with E-state index in [-0.39, 0.29) is 29.8 Å². The SMILES string of the molecule is C=CC(=O)N1CCC(c2cc3c(Oc4ccc(NC(=O)NC5CC5)c(Cl)c4)ccnc3cc2OC)C(C)C1. The molecule has 8 nitrogen and oxygen atoms in total. The number of hydrogen-bond donors (Lipinski definition) is 2. The smallest absolute Gasteiger partial charge is 0.319 e. The van der Waals surface area contributed by atoms with Crippen molar-refractivity contribution in [3.05, 3.63) is 65.8 Å². The first-order valence-electron chi connectivity index (χ1n) is 12.8. The summed E-state index contributed by atoms with van der Waals surface area (Å²) in [6.45, 7) is 7.09. The molecular weight excluding hydrogens is 504 g/mol. The summed E-state index contributed by atoms with van der Waals surface area (Å²) in [6.07, 6.45) is 5.90. The monoisotopic (exact) mass is 534 g/mol. The molecule has 0 bridgehead atoms. The Labute approximate surface area is 227 Å². The summed E-state index contributed by atoms with van der Waals surface area (Å²) in [5, 5.41) is 6.89. The predicted molar refractivity (Wildman–Crippen MR) is 148 cm³/mol. The third-order valence-corrected chi connectivity index (χ3v) is 7.49. The van der Waals surface area contributed by atoms with Crippen LogP contribution in [0, 0.1) is 5.92 Å². The van der Waals surface area contributed by atoms with Gasteiger partial charge in [0, 0.05) is 42.8 Å². The maximum absolute atomic E-state index is 12.1. The summed E-state index contributed by atoms with van der Waals surface area (Å²) in [7, 11) is 1.66. The third-order valence-electron chi connectivity index (χ3n) is 7.17. The summed E-state index contributed by atoms with van der Waals surface area (Å²) in [5.41, 5.74) is 2.32. The molecule has 2 aliphatic rings. The van der Waals surface area contributed by atoms with E-state index in [1.54, 1.807) is 31.5 Å². The van der Waals surface area contributed by atoms with Gasteiger partial charge in [0.15, 0.2) is 0 Å². The average Bonchev–Trinajstić information content (AvgIpc) is 3.73. The van der Waals surface area contributed by atoms with E-state index in [0.29, 0.717) is 35.3 Å². The minimum absolute atomic E-state index is 0.0379. The Morgan fingerprint density at radius 3 is 2.66 bits per heavy atom. The van der Waals surface area contributed by atoms with Crippen LogP contribution in [0.3, 0.4) is 0 Å². The van der Waals surface area contributed by atoms with Crippen molar-refractivity contribution in [2.75, 3.05) is 25.5 Å². The second-order valence-corrected chi connectivity index (χ2v) is 10.3. The van der Waals surface area contributed by atoms with Gasteiger partial charge in [0.2, 0.25) is 5.91 Å². The number of fused-ring (bicyclic) bond motifs is 1. The number of methoxy groups -OCH3 is 1. The molecule has 0 spiro atoms. The van der Waals surface area contributed by atoms with Crippen molar-refractivity contribution in [1.82, 2.24) is 15.2 Å². The molecule has 2 N–H and O–H groups in total. The number of halogens is 1. The summed E-state index contributed by atoms with van der Waals surface area (Å²) in [5.74, 6) is 2.34. The van der Waals surface area contributed by atoms with Gasteiger partial charge in [-0.15, -0.1) is 0 Å². The van der Waals surface area contributed by atoms with Crippen LogP contribution in [0.2, 0.25) is 5.02 Å². The van der Waals surface area contributed by atoms with E-state index in [1.165, 1.54) is 6.08 Å². The Bertz CT molecular complexity index is 1390. The molecule has 1 saturated carbocycles. The number of nitrogens with zero attached hydrogens (tertiary/aromatic N) is 2. The molecule has 2 fully saturated rings. The highest BCUT2D eigenvalue weighted by molar-refractivity contribution is 6.33. The van der Waals surface area contributed by atoms with E-state index in [1.807, 2.05) is 17.0 Å². The second kappa shape index (κ2) is 10.9. The minimum atomic E-state index is -0.265. The van der Waals surface area contributed by atoms with Gasteiger partial charge in [0.05, 0.1) is 23.3 Å². The Morgan fingerprint density at radius 2 is 1.97 bits per heavy atom. The molecule has 3 amide bonds. The normalized spacial score (nSPS) is 19.1. The number of piperidine rings is 1. The number of rotatable bonds is 7. The van der Waals surface area contributed by atoms with E-state index < -0.39 is 0 Å². The van der Waals surface area contributed by atoms with E-state index in [0.717, 1.165) is 41.5 Å². The van der Waals surface area contributed by atoms with Gasteiger partial charge in [-0.2, -0.15) is 0 Å². The van der Waals surface area contributed by atoms with Crippen LogP contribution in [0.4, 0.5) is 10.5 Å². The van der Waals surface area contributed by atoms with E-state index in [2.05, 4.69) is 35.2 Å². The van der Waals surface area contributed by atoms with Crippen molar-refractivity contribution in [1.29, 1.82) is 0 Å². The first-order valence-corrected chi connectivity index (χ1v) is 13.2. The van der Waals surface area contributed by atoms with Gasteiger partial charge in [-0.25, -0.2) is 4.79 Å². The van der Waals surface area contributed by atoms with Crippen LogP contribution >= 0.6 is 11.6 Å². The molecular formula is C29H31ClN4O4. The topological polar surface area (TPSA) is 92.8 Å². The molecule has 5 rings (SSSR count). The first kappa shape index (κ1) is 25.9. The molecule has 2 unspecified atom stereocenters. The number of carbonyl (C=O) groups is 2. The molecule has 3 aromatic rings. The number of anilines is 1. The van der Waals surface area contributed by atoms with E-state index in [9.17, 15) is 9.59 Å². The molecule has 198 valence electrons. The van der Waals surface area contributed by atoms with Gasteiger partial charge in [-0.05, 0) is 67.0 Å². The number of likely N-dealkylation sites (tertiary alicyclic amines) is 1. The van der Waals surface area contributed by atoms with Crippen molar-refractivity contribution in [3.8, 4) is 17.2 Å². The number of pyridine rings is 1. The van der Waals surface area contributed by atoms with Crippen LogP contribution in [0.5, 0.6) is 17.2 Å². The van der Waals surface area contributed by atoms with Crippen LogP contribution in [0.25, 0.3) is 10.9 Å².